The number of hydrogen-bond acceptors (Lipinski definition) is 4. The van der Waals surface area contributed by atoms with Crippen LogP contribution in [0.1, 0.15) is 0 Å². The van der Waals surface area contributed by atoms with Crippen LogP contribution in [0, 0.1) is 0 Å². The van der Waals surface area contributed by atoms with E-state index >= 15 is 0 Å². The molecule has 12 aromatic rings. The second-order valence-corrected chi connectivity index (χ2v) is 14.6. The minimum atomic E-state index is 0.547. The van der Waals surface area contributed by atoms with E-state index in [0.29, 0.717) is 17.6 Å². The Labute approximate surface area is 333 Å². The Morgan fingerprint density at radius 1 is 0.310 bits per heavy atom. The van der Waals surface area contributed by atoms with Crippen molar-refractivity contribution in [1.29, 1.82) is 0 Å². The fraction of sp³-hybridized carbons (Fsp3) is 0. The Hall–Kier alpha value is -7.96. The van der Waals surface area contributed by atoms with Gasteiger partial charge in [-0.25, -0.2) is 9.97 Å². The molecule has 0 amide bonds. The van der Waals surface area contributed by atoms with Crippen molar-refractivity contribution in [1.82, 2.24) is 29.1 Å². The molecule has 0 bridgehead atoms. The molecule has 9 aromatic carbocycles. The number of fused-ring (bicyclic) bond motifs is 13. The molecule has 0 radical (unpaired) electrons. The number of rotatable bonds is 5. The Morgan fingerprint density at radius 3 is 1.36 bits per heavy atom. The van der Waals surface area contributed by atoms with Crippen molar-refractivity contribution in [2.24, 2.45) is 0 Å². The molecule has 0 aliphatic carbocycles. The molecule has 0 unspecified atom stereocenters. The van der Waals surface area contributed by atoms with Crippen molar-refractivity contribution >= 4 is 65.2 Å². The molecule has 270 valence electrons. The molecule has 0 saturated heterocycles. The third-order valence-electron chi connectivity index (χ3n) is 11.3. The van der Waals surface area contributed by atoms with Gasteiger partial charge >= 0.3 is 0 Å². The van der Waals surface area contributed by atoms with E-state index in [1.807, 2.05) is 36.4 Å². The largest absolute Gasteiger partial charge is 0.292 e. The maximum absolute atomic E-state index is 5.70. The highest BCUT2D eigenvalue weighted by Crippen LogP contribution is 2.49. The van der Waals surface area contributed by atoms with Gasteiger partial charge < -0.3 is 0 Å². The second kappa shape index (κ2) is 12.8. The smallest absolute Gasteiger partial charge is 0.238 e. The van der Waals surface area contributed by atoms with Gasteiger partial charge in [0.15, 0.2) is 11.6 Å². The van der Waals surface area contributed by atoms with E-state index in [1.165, 1.54) is 10.8 Å². The first-order valence-electron chi connectivity index (χ1n) is 19.5. The zero-order chi connectivity index (χ0) is 38.2. The highest BCUT2D eigenvalue weighted by molar-refractivity contribution is 6.41. The van der Waals surface area contributed by atoms with E-state index in [4.69, 9.17) is 19.9 Å². The summed E-state index contributed by atoms with van der Waals surface area (Å²) < 4.78 is 4.63. The maximum Gasteiger partial charge on any atom is 0.238 e. The van der Waals surface area contributed by atoms with Gasteiger partial charge in [0.1, 0.15) is 5.82 Å². The second-order valence-electron chi connectivity index (χ2n) is 14.6. The van der Waals surface area contributed by atoms with Gasteiger partial charge in [-0.1, -0.05) is 176 Å². The molecule has 6 heteroatoms. The van der Waals surface area contributed by atoms with Crippen molar-refractivity contribution in [3.05, 3.63) is 194 Å². The quantitative estimate of drug-likeness (QED) is 0.165. The van der Waals surface area contributed by atoms with Crippen molar-refractivity contribution in [3.8, 4) is 45.8 Å². The lowest BCUT2D eigenvalue weighted by atomic mass is 9.91. The summed E-state index contributed by atoms with van der Waals surface area (Å²) in [7, 11) is 0. The molecule has 0 spiro atoms. The third kappa shape index (κ3) is 4.79. The Morgan fingerprint density at radius 2 is 0.776 bits per heavy atom. The molecular formula is C52H32N6. The molecule has 3 heterocycles. The number of para-hydroxylation sites is 2. The van der Waals surface area contributed by atoms with Gasteiger partial charge in [0.05, 0.1) is 22.1 Å². The third-order valence-corrected chi connectivity index (χ3v) is 11.3. The first kappa shape index (κ1) is 32.3. The fourth-order valence-corrected chi connectivity index (χ4v) is 8.89. The van der Waals surface area contributed by atoms with E-state index in [-0.39, 0.29) is 0 Å². The van der Waals surface area contributed by atoms with Crippen molar-refractivity contribution in [2.75, 3.05) is 0 Å². The minimum Gasteiger partial charge on any atom is -0.292 e. The van der Waals surface area contributed by atoms with Gasteiger partial charge in [-0.05, 0) is 39.7 Å². The van der Waals surface area contributed by atoms with Crippen LogP contribution in [-0.2, 0) is 0 Å². The SMILES string of the molecule is c1ccc(-c2nc(-c3ccccc3)nc(-n3c4ccccc4c4c5c(nc(-c6ccccc6)n5-c5ccccc5)c5c6ccccc6c6ccccc6c5c43)n2)cc1. The van der Waals surface area contributed by atoms with Crippen LogP contribution < -0.4 is 0 Å². The average Bonchev–Trinajstić information content (AvgIpc) is 3.87. The number of imidazole rings is 1. The lowest BCUT2D eigenvalue weighted by Crippen LogP contribution is -2.07. The summed E-state index contributed by atoms with van der Waals surface area (Å²) in [5, 5.41) is 9.01. The van der Waals surface area contributed by atoms with E-state index in [9.17, 15) is 0 Å². The number of benzene rings is 9. The van der Waals surface area contributed by atoms with Gasteiger partial charge in [0.2, 0.25) is 5.95 Å². The molecule has 0 atom stereocenters. The molecular weight excluding hydrogens is 709 g/mol. The summed E-state index contributed by atoms with van der Waals surface area (Å²) in [6, 6.07) is 67.7. The van der Waals surface area contributed by atoms with Crippen LogP contribution in [0.5, 0.6) is 0 Å². The highest BCUT2D eigenvalue weighted by atomic mass is 15.2. The zero-order valence-electron chi connectivity index (χ0n) is 31.2. The summed E-state index contributed by atoms with van der Waals surface area (Å²) in [5.74, 6) is 2.64. The first-order valence-corrected chi connectivity index (χ1v) is 19.5. The maximum atomic E-state index is 5.70. The standard InChI is InChI=1S/C52H32N6/c1-5-19-33(20-6-1)49-54-50(34-21-7-2-8-22-34)56-52(55-49)58-42-32-18-17-31-41(42)45-47(58)44-40-30-16-14-28-38(40)37-27-13-15-29-39(37)43(44)46-48(45)57(36-25-11-4-12-26-36)51(53-46)35-23-9-3-10-24-35/h1-32H. The molecule has 0 aliphatic heterocycles. The lowest BCUT2D eigenvalue weighted by Gasteiger charge is -2.16. The van der Waals surface area contributed by atoms with E-state index in [2.05, 4.69) is 167 Å². The Balaban J connectivity index is 1.38. The number of hydrogen-bond donors (Lipinski definition) is 0. The van der Waals surface area contributed by atoms with Gasteiger partial charge in [-0.2, -0.15) is 9.97 Å². The Kier molecular flexibility index (Phi) is 7.13. The molecule has 0 fully saturated rings. The van der Waals surface area contributed by atoms with Crippen LogP contribution in [0.15, 0.2) is 194 Å². The van der Waals surface area contributed by atoms with Crippen LogP contribution >= 0.6 is 0 Å². The van der Waals surface area contributed by atoms with Crippen molar-refractivity contribution < 1.29 is 0 Å². The van der Waals surface area contributed by atoms with Gasteiger partial charge in [-0.15, -0.1) is 0 Å². The molecule has 0 N–H and O–H groups in total. The zero-order valence-corrected chi connectivity index (χ0v) is 31.2. The summed E-state index contributed by atoms with van der Waals surface area (Å²) in [6.07, 6.45) is 0. The molecule has 6 nitrogen and oxygen atoms in total. The van der Waals surface area contributed by atoms with Gasteiger partial charge in [-0.3, -0.25) is 9.13 Å². The van der Waals surface area contributed by atoms with Crippen LogP contribution in [0.2, 0.25) is 0 Å². The van der Waals surface area contributed by atoms with Gasteiger partial charge in [0, 0.05) is 43.9 Å². The molecule has 0 saturated carbocycles. The topological polar surface area (TPSA) is 61.4 Å². The van der Waals surface area contributed by atoms with Crippen LogP contribution in [0.25, 0.3) is 111 Å². The molecule has 0 aliphatic rings. The predicted octanol–water partition coefficient (Wildman–Crippen LogP) is 12.8. The van der Waals surface area contributed by atoms with Gasteiger partial charge in [0.25, 0.3) is 0 Å². The van der Waals surface area contributed by atoms with Crippen molar-refractivity contribution in [2.45, 2.75) is 0 Å². The van der Waals surface area contributed by atoms with Crippen molar-refractivity contribution in [3.63, 3.8) is 0 Å². The predicted molar refractivity (Wildman–Crippen MR) is 238 cm³/mol. The van der Waals surface area contributed by atoms with E-state index in [0.717, 1.165) is 82.6 Å². The van der Waals surface area contributed by atoms with Crippen LogP contribution in [0.3, 0.4) is 0 Å². The summed E-state index contributed by atoms with van der Waals surface area (Å²) in [5.41, 5.74) is 7.90. The Bertz CT molecular complexity index is 3480. The fourth-order valence-electron chi connectivity index (χ4n) is 8.89. The average molecular weight is 741 g/mol. The number of aromatic nitrogens is 6. The highest BCUT2D eigenvalue weighted by Gasteiger charge is 2.28. The summed E-state index contributed by atoms with van der Waals surface area (Å²) in [4.78, 5) is 21.5. The van der Waals surface area contributed by atoms with Crippen LogP contribution in [-0.4, -0.2) is 29.1 Å². The molecule has 3 aromatic heterocycles. The normalized spacial score (nSPS) is 11.8. The van der Waals surface area contributed by atoms with E-state index in [1.54, 1.807) is 0 Å². The van der Waals surface area contributed by atoms with Crippen LogP contribution in [0.4, 0.5) is 0 Å². The molecule has 58 heavy (non-hydrogen) atoms. The van der Waals surface area contributed by atoms with E-state index < -0.39 is 0 Å². The number of nitrogens with zero attached hydrogens (tertiary/aromatic N) is 6. The first-order chi connectivity index (χ1) is 28.8. The lowest BCUT2D eigenvalue weighted by molar-refractivity contribution is 0.955. The monoisotopic (exact) mass is 740 g/mol. The summed E-state index contributed by atoms with van der Waals surface area (Å²) >= 11 is 0. The summed E-state index contributed by atoms with van der Waals surface area (Å²) in [6.45, 7) is 0. The minimum absolute atomic E-state index is 0.547. The molecule has 12 rings (SSSR count).